The molecule has 21 heavy (non-hydrogen) atoms. The number of aryl methyl sites for hydroxylation is 1. The van der Waals surface area contributed by atoms with Gasteiger partial charge in [0.1, 0.15) is 11.6 Å². The first-order chi connectivity index (χ1) is 10.1. The normalized spacial score (nSPS) is 21.7. The highest BCUT2D eigenvalue weighted by Crippen LogP contribution is 2.35. The van der Waals surface area contributed by atoms with Crippen LogP contribution in [-0.2, 0) is 12.8 Å². The average molecular weight is 288 g/mol. The Balaban J connectivity index is 1.87. The SMILES string of the molecule is OC1c2ccccc2CCCC1Cc1cc(F)ccc1F. The van der Waals surface area contributed by atoms with Crippen LogP contribution in [0.2, 0.25) is 0 Å². The summed E-state index contributed by atoms with van der Waals surface area (Å²) in [7, 11) is 0. The maximum Gasteiger partial charge on any atom is 0.126 e. The number of aliphatic hydroxyl groups is 1. The van der Waals surface area contributed by atoms with E-state index in [2.05, 4.69) is 0 Å². The fourth-order valence-corrected chi connectivity index (χ4v) is 3.21. The summed E-state index contributed by atoms with van der Waals surface area (Å²) in [4.78, 5) is 0. The lowest BCUT2D eigenvalue weighted by atomic mass is 9.88. The summed E-state index contributed by atoms with van der Waals surface area (Å²) >= 11 is 0. The molecule has 3 heteroatoms. The summed E-state index contributed by atoms with van der Waals surface area (Å²) < 4.78 is 27.1. The second kappa shape index (κ2) is 5.94. The van der Waals surface area contributed by atoms with Crippen molar-refractivity contribution in [2.45, 2.75) is 31.8 Å². The van der Waals surface area contributed by atoms with E-state index in [0.29, 0.717) is 12.0 Å². The van der Waals surface area contributed by atoms with Crippen LogP contribution in [0.1, 0.15) is 35.6 Å². The van der Waals surface area contributed by atoms with Crippen LogP contribution >= 0.6 is 0 Å². The average Bonchev–Trinajstić information content (AvgIpc) is 2.64. The Morgan fingerprint density at radius 3 is 2.76 bits per heavy atom. The Morgan fingerprint density at radius 2 is 1.90 bits per heavy atom. The molecule has 0 amide bonds. The third-order valence-electron chi connectivity index (χ3n) is 4.33. The largest absolute Gasteiger partial charge is 0.388 e. The Kier molecular flexibility index (Phi) is 4.02. The molecule has 0 aromatic heterocycles. The third-order valence-corrected chi connectivity index (χ3v) is 4.33. The van der Waals surface area contributed by atoms with E-state index in [9.17, 15) is 13.9 Å². The summed E-state index contributed by atoms with van der Waals surface area (Å²) in [5.41, 5.74) is 2.43. The predicted octanol–water partition coefficient (Wildman–Crippen LogP) is 4.19. The highest BCUT2D eigenvalue weighted by atomic mass is 19.1. The van der Waals surface area contributed by atoms with Crippen LogP contribution in [0.4, 0.5) is 8.78 Å². The quantitative estimate of drug-likeness (QED) is 0.821. The lowest BCUT2D eigenvalue weighted by molar-refractivity contribution is 0.104. The van der Waals surface area contributed by atoms with Gasteiger partial charge in [-0.25, -0.2) is 8.78 Å². The fourth-order valence-electron chi connectivity index (χ4n) is 3.21. The minimum Gasteiger partial charge on any atom is -0.388 e. The zero-order valence-electron chi connectivity index (χ0n) is 11.7. The molecule has 0 aliphatic heterocycles. The maximum absolute atomic E-state index is 13.8. The van der Waals surface area contributed by atoms with E-state index in [1.165, 1.54) is 6.07 Å². The van der Waals surface area contributed by atoms with E-state index < -0.39 is 17.7 Å². The van der Waals surface area contributed by atoms with E-state index in [1.807, 2.05) is 24.3 Å². The van der Waals surface area contributed by atoms with Crippen molar-refractivity contribution >= 4 is 0 Å². The van der Waals surface area contributed by atoms with Crippen LogP contribution in [0.3, 0.4) is 0 Å². The van der Waals surface area contributed by atoms with Crippen molar-refractivity contribution in [3.8, 4) is 0 Å². The smallest absolute Gasteiger partial charge is 0.126 e. The zero-order valence-corrected chi connectivity index (χ0v) is 11.7. The van der Waals surface area contributed by atoms with Gasteiger partial charge in [-0.1, -0.05) is 24.3 Å². The van der Waals surface area contributed by atoms with Gasteiger partial charge in [-0.15, -0.1) is 0 Å². The standard InChI is InChI=1S/C18H18F2O/c19-15-8-9-17(20)14(11-15)10-13-6-3-5-12-4-1-2-7-16(12)18(13)21/h1-2,4,7-9,11,13,18,21H,3,5-6,10H2. The second-order valence-corrected chi connectivity index (χ2v) is 5.74. The van der Waals surface area contributed by atoms with Crippen LogP contribution in [0.5, 0.6) is 0 Å². The van der Waals surface area contributed by atoms with Crippen molar-refractivity contribution in [3.63, 3.8) is 0 Å². The summed E-state index contributed by atoms with van der Waals surface area (Å²) in [6.07, 6.45) is 2.43. The molecule has 1 aliphatic rings. The number of benzene rings is 2. The van der Waals surface area contributed by atoms with E-state index in [0.717, 1.165) is 42.5 Å². The van der Waals surface area contributed by atoms with Crippen molar-refractivity contribution in [1.82, 2.24) is 0 Å². The molecule has 0 saturated carbocycles. The molecule has 0 bridgehead atoms. The molecule has 0 saturated heterocycles. The molecular weight excluding hydrogens is 270 g/mol. The number of fused-ring (bicyclic) bond motifs is 1. The molecule has 3 rings (SSSR count). The summed E-state index contributed by atoms with van der Waals surface area (Å²) in [6, 6.07) is 11.4. The van der Waals surface area contributed by atoms with Gasteiger partial charge >= 0.3 is 0 Å². The first-order valence-corrected chi connectivity index (χ1v) is 7.35. The lowest BCUT2D eigenvalue weighted by Crippen LogP contribution is -2.15. The molecule has 1 N–H and O–H groups in total. The molecule has 1 aliphatic carbocycles. The monoisotopic (exact) mass is 288 g/mol. The van der Waals surface area contributed by atoms with Gasteiger partial charge in [0.25, 0.3) is 0 Å². The van der Waals surface area contributed by atoms with E-state index >= 15 is 0 Å². The third kappa shape index (κ3) is 2.98. The predicted molar refractivity (Wildman–Crippen MR) is 77.9 cm³/mol. The molecule has 110 valence electrons. The Labute approximate surface area is 123 Å². The lowest BCUT2D eigenvalue weighted by Gasteiger charge is -2.22. The Morgan fingerprint density at radius 1 is 1.10 bits per heavy atom. The van der Waals surface area contributed by atoms with Gasteiger partial charge in [-0.05, 0) is 66.5 Å². The summed E-state index contributed by atoms with van der Waals surface area (Å²) in [5.74, 6) is -0.916. The number of hydrogen-bond acceptors (Lipinski definition) is 1. The summed E-state index contributed by atoms with van der Waals surface area (Å²) in [6.45, 7) is 0. The van der Waals surface area contributed by atoms with Crippen LogP contribution in [0.15, 0.2) is 42.5 Å². The minimum atomic E-state index is -0.619. The molecule has 2 unspecified atom stereocenters. The zero-order chi connectivity index (χ0) is 14.8. The number of halogens is 2. The van der Waals surface area contributed by atoms with Crippen molar-refractivity contribution in [2.75, 3.05) is 0 Å². The van der Waals surface area contributed by atoms with Gasteiger partial charge in [-0.2, -0.15) is 0 Å². The number of rotatable bonds is 2. The molecule has 0 radical (unpaired) electrons. The fraction of sp³-hybridized carbons (Fsp3) is 0.333. The Hall–Kier alpha value is -1.74. The van der Waals surface area contributed by atoms with Gasteiger partial charge in [-0.3, -0.25) is 0 Å². The summed E-state index contributed by atoms with van der Waals surface area (Å²) in [5, 5.41) is 10.6. The molecule has 2 aromatic rings. The Bertz CT molecular complexity index is 639. The molecule has 0 spiro atoms. The van der Waals surface area contributed by atoms with Crippen molar-refractivity contribution in [3.05, 3.63) is 70.8 Å². The van der Waals surface area contributed by atoms with Gasteiger partial charge in [0, 0.05) is 0 Å². The first kappa shape index (κ1) is 14.2. The maximum atomic E-state index is 13.8. The molecule has 1 nitrogen and oxygen atoms in total. The van der Waals surface area contributed by atoms with Gasteiger partial charge in [0.2, 0.25) is 0 Å². The van der Waals surface area contributed by atoms with Crippen LogP contribution < -0.4 is 0 Å². The van der Waals surface area contributed by atoms with Gasteiger partial charge in [0.15, 0.2) is 0 Å². The van der Waals surface area contributed by atoms with Crippen molar-refractivity contribution in [2.24, 2.45) is 5.92 Å². The highest BCUT2D eigenvalue weighted by molar-refractivity contribution is 5.31. The highest BCUT2D eigenvalue weighted by Gasteiger charge is 2.26. The molecule has 0 heterocycles. The van der Waals surface area contributed by atoms with Gasteiger partial charge < -0.3 is 5.11 Å². The molecular formula is C18H18F2O. The molecule has 2 aromatic carbocycles. The van der Waals surface area contributed by atoms with Crippen LogP contribution in [0, 0.1) is 17.6 Å². The van der Waals surface area contributed by atoms with Gasteiger partial charge in [0.05, 0.1) is 6.10 Å². The second-order valence-electron chi connectivity index (χ2n) is 5.74. The van der Waals surface area contributed by atoms with E-state index in [1.54, 1.807) is 0 Å². The number of aliphatic hydroxyl groups excluding tert-OH is 1. The van der Waals surface area contributed by atoms with E-state index in [4.69, 9.17) is 0 Å². The first-order valence-electron chi connectivity index (χ1n) is 7.35. The molecule has 0 fully saturated rings. The minimum absolute atomic E-state index is 0.0788. The topological polar surface area (TPSA) is 20.2 Å². The van der Waals surface area contributed by atoms with Crippen molar-refractivity contribution in [1.29, 1.82) is 0 Å². The van der Waals surface area contributed by atoms with Crippen LogP contribution in [-0.4, -0.2) is 5.11 Å². The van der Waals surface area contributed by atoms with Crippen molar-refractivity contribution < 1.29 is 13.9 Å². The van der Waals surface area contributed by atoms with E-state index in [-0.39, 0.29) is 5.92 Å². The number of hydrogen-bond donors (Lipinski definition) is 1. The molecule has 2 atom stereocenters. The van der Waals surface area contributed by atoms with Crippen LogP contribution in [0.25, 0.3) is 0 Å².